The van der Waals surface area contributed by atoms with Gasteiger partial charge >= 0.3 is 0 Å². The first-order valence-electron chi connectivity index (χ1n) is 4.24. The van der Waals surface area contributed by atoms with Gasteiger partial charge in [0.2, 0.25) is 0 Å². The zero-order chi connectivity index (χ0) is 7.94. The highest BCUT2D eigenvalue weighted by Gasteiger charge is 2.11. The van der Waals surface area contributed by atoms with Gasteiger partial charge in [0.1, 0.15) is 5.44 Å². The van der Waals surface area contributed by atoms with Crippen molar-refractivity contribution >= 4 is 23.5 Å². The molecule has 1 unspecified atom stereocenters. The number of hydrogen-bond donors (Lipinski definition) is 0. The van der Waals surface area contributed by atoms with Crippen LogP contribution in [0.2, 0.25) is 0 Å². The van der Waals surface area contributed by atoms with Gasteiger partial charge < -0.3 is 4.74 Å². The smallest absolute Gasteiger partial charge is 0.104 e. The molecule has 11 heavy (non-hydrogen) atoms. The first-order valence-corrected chi connectivity index (χ1v) is 6.44. The van der Waals surface area contributed by atoms with Gasteiger partial charge in [0.15, 0.2) is 0 Å². The van der Waals surface area contributed by atoms with Crippen LogP contribution in [-0.2, 0) is 4.74 Å². The Balaban J connectivity index is 2.09. The Hall–Kier alpha value is 0.660. The highest BCUT2D eigenvalue weighted by molar-refractivity contribution is 8.03. The van der Waals surface area contributed by atoms with E-state index in [4.69, 9.17) is 4.74 Å². The zero-order valence-corrected chi connectivity index (χ0v) is 8.68. The van der Waals surface area contributed by atoms with Crippen molar-refractivity contribution < 1.29 is 4.74 Å². The van der Waals surface area contributed by atoms with Crippen LogP contribution < -0.4 is 0 Å². The van der Waals surface area contributed by atoms with Crippen LogP contribution in [0.4, 0.5) is 0 Å². The molecule has 0 aliphatic carbocycles. The maximum Gasteiger partial charge on any atom is 0.104 e. The van der Waals surface area contributed by atoms with E-state index in [1.54, 1.807) is 0 Å². The van der Waals surface area contributed by atoms with Gasteiger partial charge in [-0.05, 0) is 18.6 Å². The zero-order valence-electron chi connectivity index (χ0n) is 7.04. The van der Waals surface area contributed by atoms with Crippen LogP contribution in [0.3, 0.4) is 0 Å². The summed E-state index contributed by atoms with van der Waals surface area (Å²) >= 11 is 4.03. The molecule has 0 aromatic carbocycles. The molecule has 1 rings (SSSR count). The Kier molecular flexibility index (Phi) is 5.50. The summed E-state index contributed by atoms with van der Waals surface area (Å²) in [6.07, 6.45) is 2.37. The number of ether oxygens (including phenoxy) is 1. The molecule has 1 aliphatic rings. The van der Waals surface area contributed by atoms with E-state index in [1.165, 1.54) is 23.7 Å². The van der Waals surface area contributed by atoms with Crippen LogP contribution in [-0.4, -0.2) is 29.3 Å². The first kappa shape index (κ1) is 9.75. The van der Waals surface area contributed by atoms with Crippen molar-refractivity contribution in [1.29, 1.82) is 0 Å². The molecule has 1 aliphatic heterocycles. The van der Waals surface area contributed by atoms with Crippen molar-refractivity contribution in [2.75, 3.05) is 23.9 Å². The topological polar surface area (TPSA) is 9.23 Å². The molecule has 1 nitrogen and oxygen atoms in total. The molecule has 66 valence electrons. The van der Waals surface area contributed by atoms with Crippen molar-refractivity contribution in [3.8, 4) is 0 Å². The molecule has 3 heteroatoms. The summed E-state index contributed by atoms with van der Waals surface area (Å²) in [7, 11) is 0. The number of rotatable bonds is 3. The average molecular weight is 192 g/mol. The van der Waals surface area contributed by atoms with E-state index in [-0.39, 0.29) is 0 Å². The van der Waals surface area contributed by atoms with Gasteiger partial charge in [0.05, 0.1) is 0 Å². The molecule has 0 radical (unpaired) electrons. The normalized spacial score (nSPS) is 26.5. The van der Waals surface area contributed by atoms with Crippen molar-refractivity contribution in [3.63, 3.8) is 0 Å². The van der Waals surface area contributed by atoms with E-state index in [0.29, 0.717) is 5.44 Å². The summed E-state index contributed by atoms with van der Waals surface area (Å²) in [6, 6.07) is 0. The van der Waals surface area contributed by atoms with Gasteiger partial charge in [-0.15, -0.1) is 11.8 Å². The van der Waals surface area contributed by atoms with E-state index in [0.717, 1.165) is 13.0 Å². The first-order chi connectivity index (χ1) is 5.43. The third-order valence-electron chi connectivity index (χ3n) is 1.54. The summed E-state index contributed by atoms with van der Waals surface area (Å²) in [5, 5.41) is 0. The Bertz CT molecular complexity index is 90.1. The molecule has 1 saturated heterocycles. The van der Waals surface area contributed by atoms with Gasteiger partial charge in [-0.2, -0.15) is 11.8 Å². The Morgan fingerprint density at radius 2 is 2.27 bits per heavy atom. The quantitative estimate of drug-likeness (QED) is 0.680. The summed E-state index contributed by atoms with van der Waals surface area (Å²) < 4.78 is 5.66. The Morgan fingerprint density at radius 3 is 3.09 bits per heavy atom. The lowest BCUT2D eigenvalue weighted by atomic mass is 10.5. The summed E-state index contributed by atoms with van der Waals surface area (Å²) in [4.78, 5) is 0. The Labute approximate surface area is 77.6 Å². The van der Waals surface area contributed by atoms with Crippen LogP contribution in [0.15, 0.2) is 0 Å². The van der Waals surface area contributed by atoms with Crippen LogP contribution in [0.5, 0.6) is 0 Å². The molecule has 0 amide bonds. The second-order valence-corrected chi connectivity index (χ2v) is 5.06. The van der Waals surface area contributed by atoms with E-state index >= 15 is 0 Å². The molecular formula is C8H16OS2. The summed E-state index contributed by atoms with van der Waals surface area (Å²) in [6.45, 7) is 3.10. The Morgan fingerprint density at radius 1 is 1.36 bits per heavy atom. The number of hydrogen-bond acceptors (Lipinski definition) is 3. The fraction of sp³-hybridized carbons (Fsp3) is 1.00. The van der Waals surface area contributed by atoms with Crippen molar-refractivity contribution in [1.82, 2.24) is 0 Å². The standard InChI is InChI=1S/C8H16OS2/c1-2-4-9-8-3-5-10-6-7-11-8/h8H,2-7H2,1H3. The average Bonchev–Trinajstić information content (AvgIpc) is 2.28. The lowest BCUT2D eigenvalue weighted by Gasteiger charge is -2.13. The predicted molar refractivity (Wildman–Crippen MR) is 54.4 cm³/mol. The molecule has 0 N–H and O–H groups in total. The fourth-order valence-corrected chi connectivity index (χ4v) is 3.31. The van der Waals surface area contributed by atoms with E-state index < -0.39 is 0 Å². The maximum absolute atomic E-state index is 5.66. The lowest BCUT2D eigenvalue weighted by Crippen LogP contribution is -2.09. The monoisotopic (exact) mass is 192 g/mol. The van der Waals surface area contributed by atoms with E-state index in [9.17, 15) is 0 Å². The van der Waals surface area contributed by atoms with Crippen LogP contribution in [0, 0.1) is 0 Å². The molecule has 0 spiro atoms. The van der Waals surface area contributed by atoms with Gasteiger partial charge in [-0.3, -0.25) is 0 Å². The fourth-order valence-electron chi connectivity index (χ4n) is 0.984. The molecule has 1 atom stereocenters. The minimum Gasteiger partial charge on any atom is -0.368 e. The SMILES string of the molecule is CCCOC1CCSCCS1. The summed E-state index contributed by atoms with van der Waals surface area (Å²) in [5.41, 5.74) is 0.491. The van der Waals surface area contributed by atoms with E-state index in [1.807, 2.05) is 11.8 Å². The van der Waals surface area contributed by atoms with Crippen LogP contribution in [0.25, 0.3) is 0 Å². The second kappa shape index (κ2) is 6.21. The largest absolute Gasteiger partial charge is 0.368 e. The predicted octanol–water partition coefficient (Wildman–Crippen LogP) is 2.61. The van der Waals surface area contributed by atoms with Crippen molar-refractivity contribution in [2.45, 2.75) is 25.2 Å². The minimum absolute atomic E-state index is 0.491. The van der Waals surface area contributed by atoms with Crippen molar-refractivity contribution in [2.24, 2.45) is 0 Å². The lowest BCUT2D eigenvalue weighted by molar-refractivity contribution is 0.112. The summed E-state index contributed by atoms with van der Waals surface area (Å²) in [5.74, 6) is 3.84. The molecule has 0 aromatic rings. The number of thioether (sulfide) groups is 2. The highest BCUT2D eigenvalue weighted by atomic mass is 32.2. The minimum atomic E-state index is 0.491. The molecule has 1 fully saturated rings. The van der Waals surface area contributed by atoms with Crippen molar-refractivity contribution in [3.05, 3.63) is 0 Å². The third kappa shape index (κ3) is 4.28. The third-order valence-corrected chi connectivity index (χ3v) is 4.00. The van der Waals surface area contributed by atoms with E-state index in [2.05, 4.69) is 18.7 Å². The maximum atomic E-state index is 5.66. The highest BCUT2D eigenvalue weighted by Crippen LogP contribution is 2.24. The van der Waals surface area contributed by atoms with Crippen LogP contribution in [0.1, 0.15) is 19.8 Å². The molecular weight excluding hydrogens is 176 g/mol. The van der Waals surface area contributed by atoms with Gasteiger partial charge in [-0.25, -0.2) is 0 Å². The van der Waals surface area contributed by atoms with Gasteiger partial charge in [0, 0.05) is 18.1 Å². The van der Waals surface area contributed by atoms with Gasteiger partial charge in [0.25, 0.3) is 0 Å². The molecule has 0 aromatic heterocycles. The van der Waals surface area contributed by atoms with Crippen LogP contribution >= 0.6 is 23.5 Å². The molecule has 0 saturated carbocycles. The molecule has 0 bridgehead atoms. The van der Waals surface area contributed by atoms with Gasteiger partial charge in [-0.1, -0.05) is 6.92 Å². The molecule has 1 heterocycles. The second-order valence-electron chi connectivity index (χ2n) is 2.57.